The van der Waals surface area contributed by atoms with E-state index < -0.39 is 0 Å². The molecule has 4 nitrogen and oxygen atoms in total. The molecule has 0 radical (unpaired) electrons. The number of para-hydroxylation sites is 1. The average Bonchev–Trinajstić information content (AvgIpc) is 3.17. The van der Waals surface area contributed by atoms with Crippen molar-refractivity contribution in [2.45, 2.75) is 26.5 Å². The minimum atomic E-state index is -0.162. The van der Waals surface area contributed by atoms with Gasteiger partial charge in [0.05, 0.1) is 10.9 Å². The first kappa shape index (κ1) is 18.4. The van der Waals surface area contributed by atoms with Gasteiger partial charge in [0.2, 0.25) is 0 Å². The van der Waals surface area contributed by atoms with E-state index in [9.17, 15) is 4.79 Å². The number of fused-ring (bicyclic) bond motifs is 3. The van der Waals surface area contributed by atoms with Crippen LogP contribution in [0.25, 0.3) is 22.6 Å². The highest BCUT2D eigenvalue weighted by molar-refractivity contribution is 5.85. The molecule has 5 rings (SSSR count). The topological polar surface area (TPSA) is 44.1 Å². The van der Waals surface area contributed by atoms with Crippen LogP contribution in [0.1, 0.15) is 28.9 Å². The maximum Gasteiger partial charge on any atom is 0.281 e. The van der Waals surface area contributed by atoms with E-state index >= 15 is 0 Å². The lowest BCUT2D eigenvalue weighted by Crippen LogP contribution is -2.14. The molecule has 1 aliphatic heterocycles. The van der Waals surface area contributed by atoms with E-state index in [0.29, 0.717) is 12.0 Å². The Morgan fingerprint density at radius 1 is 1.00 bits per heavy atom. The molecule has 2 heterocycles. The molecule has 0 aliphatic carbocycles. The molecule has 0 spiro atoms. The smallest absolute Gasteiger partial charge is 0.281 e. The fourth-order valence-electron chi connectivity index (χ4n) is 3.89. The molecule has 0 N–H and O–H groups in total. The summed E-state index contributed by atoms with van der Waals surface area (Å²) in [6.45, 7) is 3.47. The summed E-state index contributed by atoms with van der Waals surface area (Å²) in [6, 6.07) is 24.1. The summed E-state index contributed by atoms with van der Waals surface area (Å²) < 4.78 is 8.04. The van der Waals surface area contributed by atoms with Crippen LogP contribution < -0.4 is 10.3 Å². The highest BCUT2D eigenvalue weighted by atomic mass is 16.5. The van der Waals surface area contributed by atoms with Gasteiger partial charge in [-0.2, -0.15) is 4.98 Å². The second-order valence-electron chi connectivity index (χ2n) is 7.67. The predicted molar refractivity (Wildman–Crippen MR) is 120 cm³/mol. The average molecular weight is 394 g/mol. The highest BCUT2D eigenvalue weighted by Gasteiger charge is 2.20. The fourth-order valence-corrected chi connectivity index (χ4v) is 3.89. The van der Waals surface area contributed by atoms with Crippen molar-refractivity contribution in [1.82, 2.24) is 9.55 Å². The van der Waals surface area contributed by atoms with Crippen molar-refractivity contribution >= 4 is 22.6 Å². The quantitative estimate of drug-likeness (QED) is 0.476. The number of rotatable bonds is 4. The molecule has 0 saturated heterocycles. The van der Waals surface area contributed by atoms with Crippen molar-refractivity contribution in [2.75, 3.05) is 0 Å². The van der Waals surface area contributed by atoms with E-state index in [0.717, 1.165) is 46.8 Å². The van der Waals surface area contributed by atoms with Crippen molar-refractivity contribution < 1.29 is 4.74 Å². The Hall–Kier alpha value is -3.66. The van der Waals surface area contributed by atoms with Gasteiger partial charge in [0, 0.05) is 6.54 Å². The molecule has 1 aliphatic rings. The zero-order valence-corrected chi connectivity index (χ0v) is 16.8. The molecule has 0 bridgehead atoms. The van der Waals surface area contributed by atoms with Crippen molar-refractivity contribution in [3.05, 3.63) is 106 Å². The normalized spacial score (nSPS) is 14.2. The van der Waals surface area contributed by atoms with Gasteiger partial charge in [-0.05, 0) is 60.4 Å². The first-order valence-electron chi connectivity index (χ1n) is 10.2. The summed E-state index contributed by atoms with van der Waals surface area (Å²) in [7, 11) is 0. The first-order chi connectivity index (χ1) is 14.7. The van der Waals surface area contributed by atoms with Gasteiger partial charge in [0.1, 0.15) is 18.2 Å². The van der Waals surface area contributed by atoms with E-state index in [1.165, 1.54) is 5.56 Å². The van der Waals surface area contributed by atoms with Crippen LogP contribution in [0.4, 0.5) is 0 Å². The summed E-state index contributed by atoms with van der Waals surface area (Å²) in [5.41, 5.74) is 5.35. The van der Waals surface area contributed by atoms with E-state index in [4.69, 9.17) is 4.74 Å². The number of aryl methyl sites for hydroxylation is 2. The highest BCUT2D eigenvalue weighted by Crippen LogP contribution is 2.29. The minimum Gasteiger partial charge on any atom is -0.489 e. The first-order valence-corrected chi connectivity index (χ1v) is 10.2. The Kier molecular flexibility index (Phi) is 4.68. The summed E-state index contributed by atoms with van der Waals surface area (Å²) in [6.07, 6.45) is 2.98. The zero-order valence-electron chi connectivity index (χ0n) is 16.8. The summed E-state index contributed by atoms with van der Waals surface area (Å²) in [4.78, 5) is 16.8. The Balaban J connectivity index is 1.36. The molecule has 4 aromatic rings. The largest absolute Gasteiger partial charge is 0.489 e. The zero-order chi connectivity index (χ0) is 20.5. The van der Waals surface area contributed by atoms with Gasteiger partial charge in [-0.1, -0.05) is 54.1 Å². The molecule has 1 aromatic heterocycles. The molecule has 0 unspecified atom stereocenters. The molecule has 0 atom stereocenters. The van der Waals surface area contributed by atoms with Crippen LogP contribution in [0.5, 0.6) is 5.75 Å². The number of allylic oxidation sites excluding steroid dienone is 1. The second kappa shape index (κ2) is 7.64. The van der Waals surface area contributed by atoms with Crippen molar-refractivity contribution in [2.24, 2.45) is 0 Å². The van der Waals surface area contributed by atoms with Crippen molar-refractivity contribution in [1.29, 1.82) is 0 Å². The van der Waals surface area contributed by atoms with Crippen LogP contribution >= 0.6 is 0 Å². The third-order valence-corrected chi connectivity index (χ3v) is 5.53. The van der Waals surface area contributed by atoms with Gasteiger partial charge in [-0.3, -0.25) is 4.79 Å². The fraction of sp³-hybridized carbons (Fsp3) is 0.154. The number of aromatic nitrogens is 2. The van der Waals surface area contributed by atoms with Crippen molar-refractivity contribution in [3.8, 4) is 5.75 Å². The third-order valence-electron chi connectivity index (χ3n) is 5.53. The predicted octanol–water partition coefficient (Wildman–Crippen LogP) is 5.23. The third kappa shape index (κ3) is 3.52. The Labute approximate surface area is 175 Å². The lowest BCUT2D eigenvalue weighted by Gasteiger charge is -2.08. The van der Waals surface area contributed by atoms with Crippen molar-refractivity contribution in [3.63, 3.8) is 0 Å². The number of ether oxygens (including phenoxy) is 1. The maximum absolute atomic E-state index is 12.4. The maximum atomic E-state index is 12.4. The van der Waals surface area contributed by atoms with Crippen LogP contribution in [0.2, 0.25) is 0 Å². The van der Waals surface area contributed by atoms with Gasteiger partial charge in [0.25, 0.3) is 5.56 Å². The van der Waals surface area contributed by atoms with Gasteiger partial charge in [-0.25, -0.2) is 0 Å². The van der Waals surface area contributed by atoms with Gasteiger partial charge in [-0.15, -0.1) is 0 Å². The number of benzene rings is 3. The van der Waals surface area contributed by atoms with E-state index in [1.54, 1.807) is 0 Å². The van der Waals surface area contributed by atoms with Gasteiger partial charge in [0.15, 0.2) is 0 Å². The molecule has 3 aromatic carbocycles. The molecule has 148 valence electrons. The molecule has 4 heteroatoms. The molecule has 30 heavy (non-hydrogen) atoms. The summed E-state index contributed by atoms with van der Waals surface area (Å²) in [5, 5.41) is 0.678. The minimum absolute atomic E-state index is 0.162. The molecular weight excluding hydrogens is 372 g/mol. The second-order valence-corrected chi connectivity index (χ2v) is 7.67. The number of nitrogens with zero attached hydrogens (tertiary/aromatic N) is 2. The number of hydrogen-bond acceptors (Lipinski definition) is 3. The standard InChI is InChI=1S/C26H22N2O2/c1-18-6-8-20(9-7-18)17-30-22-12-10-19(11-13-22)16-21-14-15-28-24-5-3-2-4-23(24)26(29)27-25(21)28/h2-13,16H,14-15,17H2,1H3. The summed E-state index contributed by atoms with van der Waals surface area (Å²) in [5.74, 6) is 1.61. The van der Waals surface area contributed by atoms with Gasteiger partial charge >= 0.3 is 0 Å². The Bertz CT molecular complexity index is 1300. The van der Waals surface area contributed by atoms with Crippen LogP contribution in [0, 0.1) is 6.92 Å². The van der Waals surface area contributed by atoms with E-state index in [1.807, 2.05) is 48.5 Å². The van der Waals surface area contributed by atoms with Gasteiger partial charge < -0.3 is 9.30 Å². The monoisotopic (exact) mass is 394 g/mol. The van der Waals surface area contributed by atoms with E-state index in [-0.39, 0.29) is 5.56 Å². The molecule has 0 amide bonds. The van der Waals surface area contributed by atoms with Crippen LogP contribution in [-0.2, 0) is 13.2 Å². The van der Waals surface area contributed by atoms with Crippen LogP contribution in [0.15, 0.2) is 77.6 Å². The summed E-state index contributed by atoms with van der Waals surface area (Å²) >= 11 is 0. The lowest BCUT2D eigenvalue weighted by atomic mass is 10.1. The molecular formula is C26H22N2O2. The number of hydrogen-bond donors (Lipinski definition) is 0. The lowest BCUT2D eigenvalue weighted by molar-refractivity contribution is 0.306. The SMILES string of the molecule is Cc1ccc(COc2ccc(C=C3CCn4c3nc(=O)c3ccccc34)cc2)cc1. The molecule has 0 saturated carbocycles. The Morgan fingerprint density at radius 3 is 2.57 bits per heavy atom. The Morgan fingerprint density at radius 2 is 1.77 bits per heavy atom. The molecule has 0 fully saturated rings. The van der Waals surface area contributed by atoms with Crippen LogP contribution in [0.3, 0.4) is 0 Å². The van der Waals surface area contributed by atoms with Crippen LogP contribution in [-0.4, -0.2) is 9.55 Å². The van der Waals surface area contributed by atoms with E-state index in [2.05, 4.69) is 46.8 Å².